The van der Waals surface area contributed by atoms with E-state index in [0.717, 1.165) is 19.3 Å². The third kappa shape index (κ3) is 5.23. The average Bonchev–Trinajstić information content (AvgIpc) is 3.70. The lowest BCUT2D eigenvalue weighted by atomic mass is 9.94. The van der Waals surface area contributed by atoms with E-state index in [1.54, 1.807) is 0 Å². The normalized spacial score (nSPS) is 29.9. The highest BCUT2D eigenvalue weighted by Crippen LogP contribution is 2.43. The summed E-state index contributed by atoms with van der Waals surface area (Å²) in [7, 11) is 0. The van der Waals surface area contributed by atoms with Crippen LogP contribution in [0.5, 0.6) is 11.8 Å². The van der Waals surface area contributed by atoms with E-state index < -0.39 is 23.3 Å². The van der Waals surface area contributed by atoms with Crippen LogP contribution in [0.2, 0.25) is 0 Å². The standard InChI is InChI=1S/C37H37F3N6O4/c1-2-26-29(39)5-4-21-10-24(47)11-27(30(21)26)32-31(40)33-28(14-41-32)34-43-35(42-33)50-20-37-12-22(38)15-46(37)17-25(13-37)49-9-3-8-48-19-36-7-6-23(44-36)16-45(34)18-36/h1,4-5,10-11,14,22-23,25,44,47H,3,6-9,12-13,15-20H2/t22-,23+,25-,36-,37-/m1/s1. The molecule has 2 aromatic heterocycles. The van der Waals surface area contributed by atoms with Crippen LogP contribution >= 0.6 is 0 Å². The van der Waals surface area contributed by atoms with Crippen LogP contribution < -0.4 is 15.0 Å². The Morgan fingerprint density at radius 3 is 2.86 bits per heavy atom. The predicted octanol–water partition coefficient (Wildman–Crippen LogP) is 4.49. The molecule has 4 aromatic rings. The number of phenolic OH excluding ortho intramolecular Hbond substituents is 1. The number of benzene rings is 2. The second kappa shape index (κ2) is 11.9. The summed E-state index contributed by atoms with van der Waals surface area (Å²) in [4.78, 5) is 18.2. The molecule has 2 aromatic carbocycles. The van der Waals surface area contributed by atoms with Gasteiger partial charge in [0.05, 0.1) is 34.7 Å². The number of rotatable bonds is 1. The van der Waals surface area contributed by atoms with Crippen molar-refractivity contribution < 1.29 is 32.5 Å². The number of nitrogens with zero attached hydrogens (tertiary/aromatic N) is 5. The third-order valence-corrected chi connectivity index (χ3v) is 11.2. The van der Waals surface area contributed by atoms with Crippen molar-refractivity contribution in [2.75, 3.05) is 57.5 Å². The zero-order valence-corrected chi connectivity index (χ0v) is 27.4. The minimum Gasteiger partial charge on any atom is -0.508 e. The molecule has 7 heterocycles. The molecule has 7 bridgehead atoms. The second-order valence-electron chi connectivity index (χ2n) is 14.5. The van der Waals surface area contributed by atoms with Crippen LogP contribution in [0.1, 0.15) is 37.7 Å². The molecule has 0 radical (unpaired) electrons. The molecule has 0 amide bonds. The topological polar surface area (TPSA) is 105 Å². The van der Waals surface area contributed by atoms with E-state index in [0.29, 0.717) is 75.4 Å². The Morgan fingerprint density at radius 1 is 1.08 bits per heavy atom. The van der Waals surface area contributed by atoms with Crippen LogP contribution in [0.25, 0.3) is 32.9 Å². The number of aromatic hydroxyl groups is 1. The van der Waals surface area contributed by atoms with Crippen molar-refractivity contribution >= 4 is 27.5 Å². The number of aromatic nitrogens is 3. The number of nitrogens with one attached hydrogen (secondary N) is 1. The van der Waals surface area contributed by atoms with E-state index in [2.05, 4.69) is 31.0 Å². The van der Waals surface area contributed by atoms with Crippen LogP contribution in [-0.4, -0.2) is 107 Å². The Kier molecular flexibility index (Phi) is 7.58. The van der Waals surface area contributed by atoms with Crippen molar-refractivity contribution in [2.24, 2.45) is 0 Å². The number of fused-ring (bicyclic) bond motifs is 9. The number of phenols is 1. The molecule has 4 fully saturated rings. The van der Waals surface area contributed by atoms with Gasteiger partial charge in [-0.1, -0.05) is 12.0 Å². The van der Waals surface area contributed by atoms with Gasteiger partial charge in [-0.3, -0.25) is 9.88 Å². The summed E-state index contributed by atoms with van der Waals surface area (Å²) in [5, 5.41) is 15.4. The molecular formula is C37H37F3N6O4. The van der Waals surface area contributed by atoms with Crippen molar-refractivity contribution in [3.8, 4) is 35.4 Å². The van der Waals surface area contributed by atoms with Gasteiger partial charge in [0.15, 0.2) is 5.82 Å². The first kappa shape index (κ1) is 31.7. The third-order valence-electron chi connectivity index (χ3n) is 11.2. The highest BCUT2D eigenvalue weighted by molar-refractivity contribution is 6.03. The number of terminal acetylenes is 1. The van der Waals surface area contributed by atoms with Crippen molar-refractivity contribution in [1.82, 2.24) is 25.2 Å². The lowest BCUT2D eigenvalue weighted by molar-refractivity contribution is 0.0230. The summed E-state index contributed by atoms with van der Waals surface area (Å²) in [6.45, 7) is 3.78. The van der Waals surface area contributed by atoms with Gasteiger partial charge in [0.25, 0.3) is 0 Å². The molecule has 2 N–H and O–H groups in total. The van der Waals surface area contributed by atoms with Crippen molar-refractivity contribution in [1.29, 1.82) is 0 Å². The van der Waals surface area contributed by atoms with E-state index >= 15 is 4.39 Å². The molecule has 5 atom stereocenters. The molecule has 0 unspecified atom stereocenters. The van der Waals surface area contributed by atoms with E-state index in [4.69, 9.17) is 25.6 Å². The summed E-state index contributed by atoms with van der Waals surface area (Å²) >= 11 is 0. The van der Waals surface area contributed by atoms with E-state index in [1.165, 1.54) is 30.5 Å². The van der Waals surface area contributed by atoms with Gasteiger partial charge in [0.2, 0.25) is 0 Å². The summed E-state index contributed by atoms with van der Waals surface area (Å²) in [5.74, 6) is 1.25. The molecule has 5 aliphatic rings. The Bertz CT molecular complexity index is 2060. The Labute approximate surface area is 286 Å². The summed E-state index contributed by atoms with van der Waals surface area (Å²) in [6.07, 6.45) is 9.66. The van der Waals surface area contributed by atoms with Crippen LogP contribution in [0.15, 0.2) is 30.5 Å². The van der Waals surface area contributed by atoms with Gasteiger partial charge < -0.3 is 29.5 Å². The number of anilines is 1. The van der Waals surface area contributed by atoms with Gasteiger partial charge in [-0.2, -0.15) is 9.97 Å². The Morgan fingerprint density at radius 2 is 1.98 bits per heavy atom. The first-order chi connectivity index (χ1) is 24.2. The predicted molar refractivity (Wildman–Crippen MR) is 180 cm³/mol. The molecule has 5 aliphatic heterocycles. The molecule has 0 aliphatic carbocycles. The van der Waals surface area contributed by atoms with Crippen molar-refractivity contribution in [3.63, 3.8) is 0 Å². The number of piperazine rings is 1. The summed E-state index contributed by atoms with van der Waals surface area (Å²) < 4.78 is 65.6. The van der Waals surface area contributed by atoms with Gasteiger partial charge in [-0.25, -0.2) is 13.2 Å². The average molecular weight is 687 g/mol. The van der Waals surface area contributed by atoms with Crippen LogP contribution in [0.4, 0.5) is 19.0 Å². The molecule has 2 spiro atoms. The van der Waals surface area contributed by atoms with E-state index in [1.807, 2.05) is 0 Å². The lowest BCUT2D eigenvalue weighted by Gasteiger charge is -2.42. The molecule has 10 nitrogen and oxygen atoms in total. The highest BCUT2D eigenvalue weighted by atomic mass is 19.1. The van der Waals surface area contributed by atoms with Gasteiger partial charge in [0.1, 0.15) is 41.4 Å². The quantitative estimate of drug-likeness (QED) is 0.279. The first-order valence-electron chi connectivity index (χ1n) is 17.3. The van der Waals surface area contributed by atoms with Crippen molar-refractivity contribution in [3.05, 3.63) is 47.7 Å². The zero-order valence-electron chi connectivity index (χ0n) is 27.4. The number of pyridine rings is 1. The second-order valence-corrected chi connectivity index (χ2v) is 14.5. The van der Waals surface area contributed by atoms with Crippen LogP contribution in [0, 0.1) is 24.0 Å². The summed E-state index contributed by atoms with van der Waals surface area (Å²) in [6, 6.07) is 5.58. The fraction of sp³-hybridized carbons (Fsp3) is 0.486. The molecular weight excluding hydrogens is 649 g/mol. The van der Waals surface area contributed by atoms with E-state index in [9.17, 15) is 13.9 Å². The van der Waals surface area contributed by atoms with Crippen LogP contribution in [0.3, 0.4) is 0 Å². The monoisotopic (exact) mass is 686 g/mol. The van der Waals surface area contributed by atoms with E-state index in [-0.39, 0.29) is 63.8 Å². The molecule has 0 saturated carbocycles. The zero-order chi connectivity index (χ0) is 34.2. The van der Waals surface area contributed by atoms with Gasteiger partial charge >= 0.3 is 6.01 Å². The Balaban J connectivity index is 1.20. The number of alkyl halides is 1. The molecule has 50 heavy (non-hydrogen) atoms. The largest absolute Gasteiger partial charge is 0.508 e. The molecule has 13 heteroatoms. The smallest absolute Gasteiger partial charge is 0.319 e. The maximum absolute atomic E-state index is 17.0. The minimum absolute atomic E-state index is 0.0406. The molecule has 260 valence electrons. The first-order valence-corrected chi connectivity index (χ1v) is 17.3. The Hall–Kier alpha value is -4.22. The van der Waals surface area contributed by atoms with Gasteiger partial charge in [-0.15, -0.1) is 6.42 Å². The highest BCUT2D eigenvalue weighted by Gasteiger charge is 2.53. The molecule has 4 saturated heterocycles. The molecule has 9 rings (SSSR count). The maximum Gasteiger partial charge on any atom is 0.319 e. The fourth-order valence-electron chi connectivity index (χ4n) is 9.03. The number of halogens is 3. The van der Waals surface area contributed by atoms with Crippen molar-refractivity contribution in [2.45, 2.75) is 61.5 Å². The number of hydrogen-bond donors (Lipinski definition) is 2. The minimum atomic E-state index is -0.997. The SMILES string of the molecule is C#Cc1c(F)ccc2cc(O)cc(-c3ncc4c5nc(nc4c3F)OC[C@]34C[C@@H](F)CN3C[C@@H](C4)OCCCOC[C@@]34CC[C@@H](CN5C3)N4)c12. The summed E-state index contributed by atoms with van der Waals surface area (Å²) in [5.41, 5.74) is -1.07. The maximum atomic E-state index is 17.0. The lowest BCUT2D eigenvalue weighted by Crippen LogP contribution is -2.62. The fourth-order valence-corrected chi connectivity index (χ4v) is 9.03. The van der Waals surface area contributed by atoms with Gasteiger partial charge in [-0.05, 0) is 49.3 Å². The number of ether oxygens (including phenoxy) is 3. The number of hydrogen-bond acceptors (Lipinski definition) is 10. The van der Waals surface area contributed by atoms with Gasteiger partial charge in [0, 0.05) is 69.0 Å². The van der Waals surface area contributed by atoms with Crippen LogP contribution in [-0.2, 0) is 9.47 Å².